The van der Waals surface area contributed by atoms with E-state index >= 15 is 4.39 Å². The molecule has 4 aliphatic heterocycles. The summed E-state index contributed by atoms with van der Waals surface area (Å²) in [5, 5.41) is 15.7. The molecule has 1 aromatic heterocycles. The van der Waals surface area contributed by atoms with Crippen LogP contribution in [0.15, 0.2) is 36.4 Å². The molecule has 4 aromatic rings. The van der Waals surface area contributed by atoms with Crippen LogP contribution in [0.4, 0.5) is 14.6 Å². The van der Waals surface area contributed by atoms with E-state index in [-0.39, 0.29) is 33.8 Å². The fraction of sp³-hybridized carbons (Fsp3) is 0.444. The molecule has 5 fully saturated rings. The van der Waals surface area contributed by atoms with Crippen LogP contribution in [0, 0.1) is 29.4 Å². The number of nitrogens with zero attached hydrogens (tertiary/aromatic N) is 4. The van der Waals surface area contributed by atoms with Gasteiger partial charge in [-0.1, -0.05) is 18.1 Å². The van der Waals surface area contributed by atoms with Gasteiger partial charge in [0, 0.05) is 66.1 Å². The average molecular weight is 624 g/mol. The van der Waals surface area contributed by atoms with Crippen LogP contribution in [-0.2, 0) is 4.74 Å². The van der Waals surface area contributed by atoms with Crippen LogP contribution in [-0.4, -0.2) is 83.6 Å². The zero-order valence-electron chi connectivity index (χ0n) is 25.4. The highest BCUT2D eigenvalue weighted by atomic mass is 19.1. The summed E-state index contributed by atoms with van der Waals surface area (Å²) in [5.41, 5.74) is 0.635. The lowest BCUT2D eigenvalue weighted by Crippen LogP contribution is -2.51. The second kappa shape index (κ2) is 10.5. The van der Waals surface area contributed by atoms with Crippen LogP contribution >= 0.6 is 0 Å². The SMILES string of the molecule is C#Cc1c(F)ccc2cc(O)cc(-c3ccc4c(N5CC6CCC(C5)N6)nc(OCC5(CN6C[C@@H]7C[C@H]6CO7)CC5)nc4c3F)c12. The van der Waals surface area contributed by atoms with E-state index in [4.69, 9.17) is 20.9 Å². The van der Waals surface area contributed by atoms with E-state index in [2.05, 4.69) is 26.0 Å². The maximum Gasteiger partial charge on any atom is 0.319 e. The van der Waals surface area contributed by atoms with E-state index in [1.807, 2.05) is 6.07 Å². The van der Waals surface area contributed by atoms with Crippen LogP contribution in [0.2, 0.25) is 0 Å². The van der Waals surface area contributed by atoms with Crippen LogP contribution in [0.5, 0.6) is 11.8 Å². The Morgan fingerprint density at radius 2 is 1.89 bits per heavy atom. The van der Waals surface area contributed by atoms with Gasteiger partial charge in [-0.05, 0) is 67.3 Å². The summed E-state index contributed by atoms with van der Waals surface area (Å²) in [6.45, 7) is 4.71. The van der Waals surface area contributed by atoms with Crippen molar-refractivity contribution in [3.63, 3.8) is 0 Å². The van der Waals surface area contributed by atoms with Crippen molar-refractivity contribution in [2.45, 2.75) is 56.3 Å². The Kier molecular flexibility index (Phi) is 6.43. The van der Waals surface area contributed by atoms with Crippen molar-refractivity contribution in [1.82, 2.24) is 20.2 Å². The third-order valence-corrected chi connectivity index (χ3v) is 10.8. The Morgan fingerprint density at radius 3 is 2.61 bits per heavy atom. The first-order valence-electron chi connectivity index (χ1n) is 16.3. The Morgan fingerprint density at radius 1 is 1.07 bits per heavy atom. The smallest absolute Gasteiger partial charge is 0.319 e. The van der Waals surface area contributed by atoms with E-state index in [0.717, 1.165) is 64.9 Å². The van der Waals surface area contributed by atoms with Gasteiger partial charge in [0.15, 0.2) is 5.82 Å². The van der Waals surface area contributed by atoms with Gasteiger partial charge in [-0.25, -0.2) is 8.78 Å². The number of fused-ring (bicyclic) bond motifs is 6. The van der Waals surface area contributed by atoms with Crippen molar-refractivity contribution in [1.29, 1.82) is 0 Å². The maximum atomic E-state index is 16.9. The average Bonchev–Trinajstić information content (AvgIpc) is 3.31. The molecule has 1 aliphatic carbocycles. The Balaban J connectivity index is 1.13. The molecule has 2 N–H and O–H groups in total. The van der Waals surface area contributed by atoms with E-state index < -0.39 is 11.6 Å². The second-order valence-corrected chi connectivity index (χ2v) is 13.9. The number of ether oxygens (including phenoxy) is 2. The van der Waals surface area contributed by atoms with Crippen LogP contribution in [0.25, 0.3) is 32.8 Å². The van der Waals surface area contributed by atoms with Gasteiger partial charge in [0.25, 0.3) is 0 Å². The Labute approximate surface area is 265 Å². The number of aromatic hydroxyl groups is 1. The van der Waals surface area contributed by atoms with Gasteiger partial charge < -0.3 is 24.8 Å². The van der Waals surface area contributed by atoms with Crippen molar-refractivity contribution in [3.05, 3.63) is 53.6 Å². The van der Waals surface area contributed by atoms with Gasteiger partial charge in [-0.2, -0.15) is 9.97 Å². The molecule has 4 bridgehead atoms. The molecule has 2 unspecified atom stereocenters. The predicted molar refractivity (Wildman–Crippen MR) is 171 cm³/mol. The molecule has 1 saturated carbocycles. The number of piperazine rings is 1. The fourth-order valence-electron chi connectivity index (χ4n) is 8.23. The monoisotopic (exact) mass is 623 g/mol. The van der Waals surface area contributed by atoms with Crippen molar-refractivity contribution in [2.24, 2.45) is 5.41 Å². The van der Waals surface area contributed by atoms with E-state index in [1.54, 1.807) is 6.07 Å². The van der Waals surface area contributed by atoms with Crippen molar-refractivity contribution in [3.8, 4) is 35.2 Å². The lowest BCUT2D eigenvalue weighted by molar-refractivity contribution is 0.0176. The van der Waals surface area contributed by atoms with Crippen molar-refractivity contribution >= 4 is 27.5 Å². The first-order chi connectivity index (χ1) is 22.4. The molecular weight excluding hydrogens is 588 g/mol. The van der Waals surface area contributed by atoms with Crippen LogP contribution < -0.4 is 15.0 Å². The number of nitrogens with one attached hydrogen (secondary N) is 1. The topological polar surface area (TPSA) is 83.0 Å². The Bertz CT molecular complexity index is 1930. The van der Waals surface area contributed by atoms with E-state index in [9.17, 15) is 9.50 Å². The summed E-state index contributed by atoms with van der Waals surface area (Å²) in [4.78, 5) is 14.3. The fourth-order valence-corrected chi connectivity index (χ4v) is 8.23. The van der Waals surface area contributed by atoms with Gasteiger partial charge >= 0.3 is 6.01 Å². The quantitative estimate of drug-likeness (QED) is 0.279. The van der Waals surface area contributed by atoms with Gasteiger partial charge in [0.05, 0.1) is 24.9 Å². The first-order valence-corrected chi connectivity index (χ1v) is 16.3. The number of hydrogen-bond acceptors (Lipinski definition) is 8. The summed E-state index contributed by atoms with van der Waals surface area (Å²) in [6, 6.07) is 10.5. The number of benzene rings is 3. The highest BCUT2D eigenvalue weighted by Gasteiger charge is 2.49. The normalized spacial score (nSPS) is 26.2. The zero-order valence-corrected chi connectivity index (χ0v) is 25.4. The third kappa shape index (κ3) is 4.67. The minimum atomic E-state index is -0.600. The summed E-state index contributed by atoms with van der Waals surface area (Å²) in [5.74, 6) is 1.82. The maximum absolute atomic E-state index is 16.9. The summed E-state index contributed by atoms with van der Waals surface area (Å²) < 4.78 is 43.9. The highest BCUT2D eigenvalue weighted by molar-refractivity contribution is 6.04. The minimum absolute atomic E-state index is 0.0169. The summed E-state index contributed by atoms with van der Waals surface area (Å²) in [7, 11) is 0. The number of hydrogen-bond donors (Lipinski definition) is 2. The number of morpholine rings is 1. The van der Waals surface area contributed by atoms with Gasteiger partial charge in [-0.15, -0.1) is 6.42 Å². The number of terminal acetylenes is 1. The number of halogens is 2. The van der Waals surface area contributed by atoms with Crippen molar-refractivity contribution < 1.29 is 23.4 Å². The molecule has 0 amide bonds. The number of likely N-dealkylation sites (tertiary alicyclic amines) is 1. The zero-order chi connectivity index (χ0) is 31.2. The molecular formula is C36H35F2N5O3. The van der Waals surface area contributed by atoms with Gasteiger partial charge in [0.2, 0.25) is 0 Å². The molecule has 4 saturated heterocycles. The molecule has 4 atom stereocenters. The number of anilines is 1. The van der Waals surface area contributed by atoms with Gasteiger partial charge in [0.1, 0.15) is 22.9 Å². The Hall–Kier alpha value is -4.04. The number of rotatable bonds is 7. The lowest BCUT2D eigenvalue weighted by atomic mass is 9.93. The molecule has 9 rings (SSSR count). The molecule has 8 nitrogen and oxygen atoms in total. The van der Waals surface area contributed by atoms with Crippen LogP contribution in [0.3, 0.4) is 0 Å². The second-order valence-electron chi connectivity index (χ2n) is 13.9. The molecule has 10 heteroatoms. The number of phenols is 1. The molecule has 0 spiro atoms. The van der Waals surface area contributed by atoms with Crippen molar-refractivity contribution in [2.75, 3.05) is 44.3 Å². The largest absolute Gasteiger partial charge is 0.508 e. The predicted octanol–water partition coefficient (Wildman–Crippen LogP) is 4.99. The van der Waals surface area contributed by atoms with E-state index in [1.165, 1.54) is 24.3 Å². The van der Waals surface area contributed by atoms with E-state index in [0.29, 0.717) is 58.4 Å². The molecule has 5 aliphatic rings. The standard InChI is InChI=1S/C36H35F2N5O3/c1-2-26-30(37)8-3-20-11-24(44)13-29(31(20)26)27-6-7-28-33(32(27)38)40-35(41-34(28)42-14-21-4-5-22(15-42)39-21)46-19-36(9-10-36)18-43-16-25-12-23(43)17-45-25/h1,3,6-8,11,13,21-23,25,39,44H,4-5,9-10,12,14-19H2/t21?,22?,23-,25-/m0/s1. The third-order valence-electron chi connectivity index (χ3n) is 10.8. The molecule has 5 heterocycles. The summed E-state index contributed by atoms with van der Waals surface area (Å²) >= 11 is 0. The number of phenolic OH excluding ortho intramolecular Hbond substituents is 1. The first kappa shape index (κ1) is 28.2. The minimum Gasteiger partial charge on any atom is -0.508 e. The molecule has 46 heavy (non-hydrogen) atoms. The molecule has 3 aromatic carbocycles. The van der Waals surface area contributed by atoms with Gasteiger partial charge in [-0.3, -0.25) is 4.90 Å². The number of aromatic nitrogens is 2. The van der Waals surface area contributed by atoms with Crippen LogP contribution in [0.1, 0.15) is 37.7 Å². The molecule has 0 radical (unpaired) electrons. The lowest BCUT2D eigenvalue weighted by Gasteiger charge is -2.34. The molecule has 236 valence electrons. The summed E-state index contributed by atoms with van der Waals surface area (Å²) in [6.07, 6.45) is 11.5. The highest BCUT2D eigenvalue weighted by Crippen LogP contribution is 2.48.